The molecule has 0 bridgehead atoms. The van der Waals surface area contributed by atoms with Crippen molar-refractivity contribution in [2.75, 3.05) is 24.5 Å². The van der Waals surface area contributed by atoms with Gasteiger partial charge in [0.1, 0.15) is 6.04 Å². The van der Waals surface area contributed by atoms with Gasteiger partial charge in [0, 0.05) is 29.8 Å². The SMILES string of the molecule is Cc1ccc(N2CC(C)CNC(=O)C2CN)cc1Br. The molecule has 1 fully saturated rings. The Balaban J connectivity index is 2.36. The molecule has 1 aromatic rings. The van der Waals surface area contributed by atoms with E-state index in [4.69, 9.17) is 5.73 Å². The van der Waals surface area contributed by atoms with Gasteiger partial charge in [0.15, 0.2) is 0 Å². The molecular formula is C14H20BrN3O. The normalized spacial score (nSPS) is 24.0. The highest BCUT2D eigenvalue weighted by Crippen LogP contribution is 2.26. The minimum Gasteiger partial charge on any atom is -0.358 e. The molecule has 0 aliphatic carbocycles. The third-order valence-corrected chi connectivity index (χ3v) is 4.38. The summed E-state index contributed by atoms with van der Waals surface area (Å²) in [6.07, 6.45) is 0. The molecule has 0 saturated carbocycles. The summed E-state index contributed by atoms with van der Waals surface area (Å²) in [4.78, 5) is 14.2. The first kappa shape index (κ1) is 14.3. The second-order valence-corrected chi connectivity index (χ2v) is 6.04. The van der Waals surface area contributed by atoms with Crippen LogP contribution in [0.1, 0.15) is 12.5 Å². The van der Waals surface area contributed by atoms with E-state index in [0.717, 1.165) is 16.7 Å². The monoisotopic (exact) mass is 325 g/mol. The van der Waals surface area contributed by atoms with Crippen molar-refractivity contribution in [3.63, 3.8) is 0 Å². The zero-order valence-electron chi connectivity index (χ0n) is 11.3. The molecular weight excluding hydrogens is 306 g/mol. The van der Waals surface area contributed by atoms with Crippen LogP contribution in [0.5, 0.6) is 0 Å². The number of nitrogens with zero attached hydrogens (tertiary/aromatic N) is 1. The van der Waals surface area contributed by atoms with Gasteiger partial charge in [-0.05, 0) is 30.5 Å². The largest absolute Gasteiger partial charge is 0.358 e. The van der Waals surface area contributed by atoms with Crippen LogP contribution >= 0.6 is 15.9 Å². The number of hydrogen-bond donors (Lipinski definition) is 2. The Morgan fingerprint density at radius 2 is 2.26 bits per heavy atom. The van der Waals surface area contributed by atoms with Gasteiger partial charge in [0.2, 0.25) is 5.91 Å². The van der Waals surface area contributed by atoms with Crippen molar-refractivity contribution in [1.29, 1.82) is 0 Å². The number of rotatable bonds is 2. The summed E-state index contributed by atoms with van der Waals surface area (Å²) in [7, 11) is 0. The van der Waals surface area contributed by atoms with Gasteiger partial charge >= 0.3 is 0 Å². The van der Waals surface area contributed by atoms with Crippen LogP contribution < -0.4 is 16.0 Å². The minimum atomic E-state index is -0.292. The van der Waals surface area contributed by atoms with E-state index in [-0.39, 0.29) is 11.9 Å². The number of nitrogens with two attached hydrogens (primary N) is 1. The Bertz CT molecular complexity index is 478. The summed E-state index contributed by atoms with van der Waals surface area (Å²) in [6.45, 7) is 6.04. The number of carbonyl (C=O) groups is 1. The standard InChI is InChI=1S/C14H20BrN3O/c1-9-7-17-14(19)13(6-16)18(8-9)11-4-3-10(2)12(15)5-11/h3-5,9,13H,6-8,16H2,1-2H3,(H,17,19). The highest BCUT2D eigenvalue weighted by atomic mass is 79.9. The molecule has 1 aliphatic rings. The summed E-state index contributed by atoms with van der Waals surface area (Å²) < 4.78 is 1.05. The molecule has 1 heterocycles. The third-order valence-electron chi connectivity index (χ3n) is 3.52. The summed E-state index contributed by atoms with van der Waals surface area (Å²) in [5.74, 6) is 0.420. The highest BCUT2D eigenvalue weighted by Gasteiger charge is 2.29. The number of nitrogens with one attached hydrogen (secondary N) is 1. The molecule has 2 rings (SSSR count). The fourth-order valence-electron chi connectivity index (χ4n) is 2.34. The van der Waals surface area contributed by atoms with E-state index in [2.05, 4.69) is 45.2 Å². The van der Waals surface area contributed by atoms with Crippen molar-refractivity contribution in [2.45, 2.75) is 19.9 Å². The van der Waals surface area contributed by atoms with Gasteiger partial charge in [-0.25, -0.2) is 0 Å². The lowest BCUT2D eigenvalue weighted by atomic mass is 10.1. The van der Waals surface area contributed by atoms with Gasteiger partial charge in [0.25, 0.3) is 0 Å². The smallest absolute Gasteiger partial charge is 0.244 e. The van der Waals surface area contributed by atoms with Crippen molar-refractivity contribution < 1.29 is 4.79 Å². The first-order chi connectivity index (χ1) is 9.02. The van der Waals surface area contributed by atoms with E-state index in [1.807, 2.05) is 13.0 Å². The van der Waals surface area contributed by atoms with E-state index in [1.54, 1.807) is 0 Å². The summed E-state index contributed by atoms with van der Waals surface area (Å²) in [5, 5.41) is 2.95. The van der Waals surface area contributed by atoms with Crippen molar-refractivity contribution in [2.24, 2.45) is 11.7 Å². The topological polar surface area (TPSA) is 58.4 Å². The van der Waals surface area contributed by atoms with Crippen LogP contribution in [0.3, 0.4) is 0 Å². The first-order valence-corrected chi connectivity index (χ1v) is 7.32. The molecule has 2 unspecified atom stereocenters. The summed E-state index contributed by atoms with van der Waals surface area (Å²) in [6, 6.07) is 5.87. The number of benzene rings is 1. The summed E-state index contributed by atoms with van der Waals surface area (Å²) in [5.41, 5.74) is 8.01. The number of hydrogen-bond acceptors (Lipinski definition) is 3. The van der Waals surface area contributed by atoms with Crippen LogP contribution in [0.4, 0.5) is 5.69 Å². The molecule has 4 nitrogen and oxygen atoms in total. The van der Waals surface area contributed by atoms with Gasteiger partial charge in [-0.2, -0.15) is 0 Å². The van der Waals surface area contributed by atoms with E-state index in [9.17, 15) is 4.79 Å². The van der Waals surface area contributed by atoms with Crippen LogP contribution in [0, 0.1) is 12.8 Å². The maximum atomic E-state index is 12.1. The number of anilines is 1. The van der Waals surface area contributed by atoms with E-state index >= 15 is 0 Å². The van der Waals surface area contributed by atoms with Gasteiger partial charge in [-0.1, -0.05) is 28.9 Å². The summed E-state index contributed by atoms with van der Waals surface area (Å²) >= 11 is 3.55. The third kappa shape index (κ3) is 3.09. The van der Waals surface area contributed by atoms with Crippen LogP contribution in [0.15, 0.2) is 22.7 Å². The van der Waals surface area contributed by atoms with Crippen molar-refractivity contribution in [3.05, 3.63) is 28.2 Å². The van der Waals surface area contributed by atoms with E-state index in [0.29, 0.717) is 19.0 Å². The second-order valence-electron chi connectivity index (χ2n) is 5.19. The number of carbonyl (C=O) groups excluding carboxylic acids is 1. The molecule has 19 heavy (non-hydrogen) atoms. The predicted molar refractivity (Wildman–Crippen MR) is 81.2 cm³/mol. The Kier molecular flexibility index (Phi) is 4.47. The fourth-order valence-corrected chi connectivity index (χ4v) is 2.71. The van der Waals surface area contributed by atoms with Crippen LogP contribution in [0.2, 0.25) is 0 Å². The lowest BCUT2D eigenvalue weighted by Crippen LogP contribution is -2.49. The molecule has 1 saturated heterocycles. The second kappa shape index (κ2) is 5.92. The lowest BCUT2D eigenvalue weighted by molar-refractivity contribution is -0.121. The Hall–Kier alpha value is -1.07. The molecule has 1 amide bonds. The molecule has 104 valence electrons. The average molecular weight is 326 g/mol. The fraction of sp³-hybridized carbons (Fsp3) is 0.500. The Labute approximate surface area is 122 Å². The van der Waals surface area contributed by atoms with Crippen LogP contribution in [-0.2, 0) is 4.79 Å². The average Bonchev–Trinajstić information content (AvgIpc) is 2.52. The molecule has 0 radical (unpaired) electrons. The van der Waals surface area contributed by atoms with Gasteiger partial charge in [0.05, 0.1) is 0 Å². The molecule has 0 spiro atoms. The maximum Gasteiger partial charge on any atom is 0.244 e. The van der Waals surface area contributed by atoms with Crippen molar-refractivity contribution >= 4 is 27.5 Å². The highest BCUT2D eigenvalue weighted by molar-refractivity contribution is 9.10. The van der Waals surface area contributed by atoms with Gasteiger partial charge in [-0.3, -0.25) is 4.79 Å². The Morgan fingerprint density at radius 1 is 1.53 bits per heavy atom. The zero-order valence-corrected chi connectivity index (χ0v) is 12.9. The maximum absolute atomic E-state index is 12.1. The number of amides is 1. The molecule has 1 aromatic carbocycles. The van der Waals surface area contributed by atoms with E-state index < -0.39 is 0 Å². The van der Waals surface area contributed by atoms with Gasteiger partial charge < -0.3 is 16.0 Å². The quantitative estimate of drug-likeness (QED) is 0.869. The lowest BCUT2D eigenvalue weighted by Gasteiger charge is -2.31. The van der Waals surface area contributed by atoms with E-state index in [1.165, 1.54) is 5.56 Å². The number of halogens is 1. The first-order valence-electron chi connectivity index (χ1n) is 6.53. The molecule has 0 aromatic heterocycles. The van der Waals surface area contributed by atoms with Crippen LogP contribution in [0.25, 0.3) is 0 Å². The molecule has 3 N–H and O–H groups in total. The van der Waals surface area contributed by atoms with Crippen LogP contribution in [-0.4, -0.2) is 31.6 Å². The van der Waals surface area contributed by atoms with Gasteiger partial charge in [-0.15, -0.1) is 0 Å². The van der Waals surface area contributed by atoms with Crippen molar-refractivity contribution in [3.8, 4) is 0 Å². The minimum absolute atomic E-state index is 0.0172. The zero-order chi connectivity index (χ0) is 14.0. The number of aryl methyl sites for hydroxylation is 1. The molecule has 1 aliphatic heterocycles. The Morgan fingerprint density at radius 3 is 2.89 bits per heavy atom. The molecule has 2 atom stereocenters. The molecule has 5 heteroatoms. The van der Waals surface area contributed by atoms with Crippen molar-refractivity contribution in [1.82, 2.24) is 5.32 Å². The predicted octanol–water partition coefficient (Wildman–Crippen LogP) is 1.66.